The van der Waals surface area contributed by atoms with E-state index in [1.54, 1.807) is 26.0 Å². The van der Waals surface area contributed by atoms with Crippen LogP contribution in [0.5, 0.6) is 0 Å². The first-order valence-corrected chi connectivity index (χ1v) is 4.75. The molecule has 0 radical (unpaired) electrons. The van der Waals surface area contributed by atoms with E-state index in [9.17, 15) is 0 Å². The lowest BCUT2D eigenvalue weighted by molar-refractivity contribution is -0.0842. The molecule has 11 heavy (non-hydrogen) atoms. The molecule has 0 bridgehead atoms. The van der Waals surface area contributed by atoms with Gasteiger partial charge in [-0.2, -0.15) is 11.8 Å². The van der Waals surface area contributed by atoms with E-state index in [1.807, 2.05) is 6.92 Å². The number of hydrogen-bond acceptors (Lipinski definition) is 4. The second-order valence-electron chi connectivity index (χ2n) is 2.42. The Hall–Kier alpha value is 0.230. The first kappa shape index (κ1) is 11.2. The summed E-state index contributed by atoms with van der Waals surface area (Å²) in [5, 5.41) is 0. The Balaban J connectivity index is 3.21. The highest BCUT2D eigenvalue weighted by Gasteiger charge is 2.04. The van der Waals surface area contributed by atoms with Crippen molar-refractivity contribution in [2.24, 2.45) is 5.73 Å². The first-order valence-electron chi connectivity index (χ1n) is 3.59. The summed E-state index contributed by atoms with van der Waals surface area (Å²) in [5.41, 5.74) is 5.56. The highest BCUT2D eigenvalue weighted by Crippen LogP contribution is 2.06. The molecule has 0 aromatic heterocycles. The van der Waals surface area contributed by atoms with Crippen molar-refractivity contribution in [1.29, 1.82) is 0 Å². The Kier molecular flexibility index (Phi) is 7.06. The van der Waals surface area contributed by atoms with Crippen LogP contribution in [0.2, 0.25) is 0 Å². The van der Waals surface area contributed by atoms with E-state index in [0.29, 0.717) is 0 Å². The minimum atomic E-state index is -0.0984. The Morgan fingerprint density at radius 1 is 1.27 bits per heavy atom. The predicted octanol–water partition coefficient (Wildman–Crippen LogP) is 0.686. The van der Waals surface area contributed by atoms with Gasteiger partial charge in [0.25, 0.3) is 0 Å². The summed E-state index contributed by atoms with van der Waals surface area (Å²) in [7, 11) is 3.28. The molecule has 68 valence electrons. The summed E-state index contributed by atoms with van der Waals surface area (Å²) in [6.45, 7) is 1.99. The molecule has 3 nitrogen and oxygen atoms in total. The molecule has 0 fully saturated rings. The molecule has 4 heteroatoms. The van der Waals surface area contributed by atoms with E-state index >= 15 is 0 Å². The van der Waals surface area contributed by atoms with E-state index in [1.165, 1.54) is 0 Å². The van der Waals surface area contributed by atoms with E-state index in [0.717, 1.165) is 11.5 Å². The molecular weight excluding hydrogens is 162 g/mol. The van der Waals surface area contributed by atoms with Crippen LogP contribution in [0.25, 0.3) is 0 Å². The van der Waals surface area contributed by atoms with Crippen LogP contribution in [0.3, 0.4) is 0 Å². The fraction of sp³-hybridized carbons (Fsp3) is 1.00. The molecule has 0 saturated carbocycles. The fourth-order valence-corrected chi connectivity index (χ4v) is 1.55. The van der Waals surface area contributed by atoms with Crippen molar-refractivity contribution in [3.63, 3.8) is 0 Å². The standard InChI is InChI=1S/C7H17NO2S/c1-6(8)4-11-5-7(9-2)10-3/h6-7H,4-5,8H2,1-3H3. The molecule has 0 aromatic rings. The fourth-order valence-electron chi connectivity index (χ4n) is 0.582. The summed E-state index contributed by atoms with van der Waals surface area (Å²) >= 11 is 1.74. The van der Waals surface area contributed by atoms with Crippen LogP contribution < -0.4 is 5.73 Å². The van der Waals surface area contributed by atoms with Crippen LogP contribution in [0, 0.1) is 0 Å². The molecular formula is C7H17NO2S. The van der Waals surface area contributed by atoms with Crippen LogP contribution in [0.4, 0.5) is 0 Å². The molecule has 0 rings (SSSR count). The van der Waals surface area contributed by atoms with Gasteiger partial charge in [0, 0.05) is 31.8 Å². The van der Waals surface area contributed by atoms with E-state index < -0.39 is 0 Å². The number of thioether (sulfide) groups is 1. The maximum atomic E-state index is 5.56. The zero-order valence-corrected chi connectivity index (χ0v) is 8.19. The molecule has 0 heterocycles. The maximum absolute atomic E-state index is 5.56. The molecule has 1 atom stereocenters. The van der Waals surface area contributed by atoms with Crippen LogP contribution in [-0.2, 0) is 9.47 Å². The topological polar surface area (TPSA) is 44.5 Å². The van der Waals surface area contributed by atoms with Gasteiger partial charge in [-0.05, 0) is 6.92 Å². The monoisotopic (exact) mass is 179 g/mol. The van der Waals surface area contributed by atoms with Gasteiger partial charge in [-0.25, -0.2) is 0 Å². The molecule has 2 N–H and O–H groups in total. The molecule has 0 aliphatic heterocycles. The van der Waals surface area contributed by atoms with Gasteiger partial charge in [-0.15, -0.1) is 0 Å². The van der Waals surface area contributed by atoms with Gasteiger partial charge in [-0.3, -0.25) is 0 Å². The molecule has 0 aliphatic carbocycles. The normalized spacial score (nSPS) is 13.9. The highest BCUT2D eigenvalue weighted by molar-refractivity contribution is 7.99. The first-order chi connectivity index (χ1) is 5.20. The molecule has 0 amide bonds. The second kappa shape index (κ2) is 6.91. The Morgan fingerprint density at radius 2 is 1.82 bits per heavy atom. The van der Waals surface area contributed by atoms with Gasteiger partial charge in [-0.1, -0.05) is 0 Å². The van der Waals surface area contributed by atoms with Gasteiger partial charge >= 0.3 is 0 Å². The lowest BCUT2D eigenvalue weighted by Gasteiger charge is -2.13. The molecule has 0 aromatic carbocycles. The lowest BCUT2D eigenvalue weighted by Crippen LogP contribution is -2.21. The van der Waals surface area contributed by atoms with Crippen molar-refractivity contribution in [3.05, 3.63) is 0 Å². The van der Waals surface area contributed by atoms with Crippen molar-refractivity contribution in [2.45, 2.75) is 19.3 Å². The summed E-state index contributed by atoms with van der Waals surface area (Å²) in [6.07, 6.45) is -0.0984. The van der Waals surface area contributed by atoms with Gasteiger partial charge in [0.05, 0.1) is 0 Å². The van der Waals surface area contributed by atoms with Crippen LogP contribution >= 0.6 is 11.8 Å². The smallest absolute Gasteiger partial charge is 0.165 e. The Labute approximate surface area is 72.6 Å². The third kappa shape index (κ3) is 6.62. The molecule has 0 saturated heterocycles. The Morgan fingerprint density at radius 3 is 2.18 bits per heavy atom. The predicted molar refractivity (Wildman–Crippen MR) is 48.8 cm³/mol. The summed E-state index contributed by atoms with van der Waals surface area (Å²) < 4.78 is 9.99. The second-order valence-corrected chi connectivity index (χ2v) is 3.49. The largest absolute Gasteiger partial charge is 0.355 e. The Bertz CT molecular complexity index is 86.5. The van der Waals surface area contributed by atoms with Crippen molar-refractivity contribution >= 4 is 11.8 Å². The maximum Gasteiger partial charge on any atom is 0.165 e. The van der Waals surface area contributed by atoms with E-state index in [-0.39, 0.29) is 12.3 Å². The number of rotatable bonds is 6. The van der Waals surface area contributed by atoms with Crippen LogP contribution in [0.15, 0.2) is 0 Å². The van der Waals surface area contributed by atoms with Crippen molar-refractivity contribution in [1.82, 2.24) is 0 Å². The summed E-state index contributed by atoms with van der Waals surface area (Å²) in [5.74, 6) is 1.79. The van der Waals surface area contributed by atoms with Gasteiger partial charge in [0.2, 0.25) is 0 Å². The number of methoxy groups -OCH3 is 2. The number of hydrogen-bond donors (Lipinski definition) is 1. The quantitative estimate of drug-likeness (QED) is 0.609. The SMILES string of the molecule is COC(CSCC(C)N)OC. The molecule has 0 aliphatic rings. The lowest BCUT2D eigenvalue weighted by atomic mass is 10.4. The van der Waals surface area contributed by atoms with Gasteiger partial charge in [0.1, 0.15) is 0 Å². The van der Waals surface area contributed by atoms with Crippen molar-refractivity contribution < 1.29 is 9.47 Å². The zero-order chi connectivity index (χ0) is 8.69. The van der Waals surface area contributed by atoms with Gasteiger partial charge in [0.15, 0.2) is 6.29 Å². The van der Waals surface area contributed by atoms with Crippen molar-refractivity contribution in [2.75, 3.05) is 25.7 Å². The average molecular weight is 179 g/mol. The molecule has 0 spiro atoms. The number of nitrogens with two attached hydrogens (primary N) is 1. The van der Waals surface area contributed by atoms with Crippen LogP contribution in [0.1, 0.15) is 6.92 Å². The highest BCUT2D eigenvalue weighted by atomic mass is 32.2. The van der Waals surface area contributed by atoms with E-state index in [4.69, 9.17) is 15.2 Å². The summed E-state index contributed by atoms with van der Waals surface area (Å²) in [4.78, 5) is 0. The minimum Gasteiger partial charge on any atom is -0.355 e. The number of ether oxygens (including phenoxy) is 2. The summed E-state index contributed by atoms with van der Waals surface area (Å²) in [6, 6.07) is 0.245. The minimum absolute atomic E-state index is 0.0984. The zero-order valence-electron chi connectivity index (χ0n) is 7.37. The average Bonchev–Trinajstić information content (AvgIpc) is 1.98. The van der Waals surface area contributed by atoms with Gasteiger partial charge < -0.3 is 15.2 Å². The third-order valence-electron chi connectivity index (χ3n) is 1.16. The van der Waals surface area contributed by atoms with Crippen LogP contribution in [-0.4, -0.2) is 38.1 Å². The van der Waals surface area contributed by atoms with E-state index in [2.05, 4.69) is 0 Å². The van der Waals surface area contributed by atoms with Crippen molar-refractivity contribution in [3.8, 4) is 0 Å². The molecule has 1 unspecified atom stereocenters. The third-order valence-corrected chi connectivity index (χ3v) is 2.43.